The molecular formula is C10H8F3N5O2. The second kappa shape index (κ2) is 4.89. The van der Waals surface area contributed by atoms with Gasteiger partial charge in [-0.3, -0.25) is 10.1 Å². The molecule has 0 bridgehead atoms. The van der Waals surface area contributed by atoms with Gasteiger partial charge in [0, 0.05) is 12.6 Å². The summed E-state index contributed by atoms with van der Waals surface area (Å²) in [5, 5.41) is 18.1. The summed E-state index contributed by atoms with van der Waals surface area (Å²) in [5.41, 5.74) is 3.75. The quantitative estimate of drug-likeness (QED) is 0.683. The first-order chi connectivity index (χ1) is 9.32. The van der Waals surface area contributed by atoms with Crippen LogP contribution in [0.15, 0.2) is 24.4 Å². The van der Waals surface area contributed by atoms with Crippen LogP contribution in [0.5, 0.6) is 0 Å². The highest BCUT2D eigenvalue weighted by molar-refractivity contribution is 5.54. The number of nitro groups is 1. The smallest absolute Gasteiger partial charge is 0.325 e. The Bertz CT molecular complexity index is 653. The number of nitrogens with zero attached hydrogens (tertiary/aromatic N) is 4. The Hall–Kier alpha value is -2.49. The van der Waals surface area contributed by atoms with Gasteiger partial charge in [0.25, 0.3) is 5.69 Å². The first-order valence-corrected chi connectivity index (χ1v) is 5.30. The van der Waals surface area contributed by atoms with Crippen LogP contribution in [-0.4, -0.2) is 19.9 Å². The van der Waals surface area contributed by atoms with Crippen molar-refractivity contribution in [3.05, 3.63) is 45.8 Å². The molecule has 0 saturated carbocycles. The van der Waals surface area contributed by atoms with Crippen LogP contribution in [0.1, 0.15) is 11.3 Å². The number of alkyl halides is 3. The van der Waals surface area contributed by atoms with Crippen LogP contribution in [0.4, 0.5) is 18.9 Å². The Morgan fingerprint density at radius 1 is 1.40 bits per heavy atom. The average molecular weight is 287 g/mol. The van der Waals surface area contributed by atoms with Crippen molar-refractivity contribution in [2.45, 2.75) is 12.7 Å². The lowest BCUT2D eigenvalue weighted by Crippen LogP contribution is -2.08. The number of rotatable bonds is 3. The first kappa shape index (κ1) is 13.9. The molecule has 0 atom stereocenters. The molecular weight excluding hydrogens is 279 g/mol. The molecule has 20 heavy (non-hydrogen) atoms. The molecule has 0 fully saturated rings. The van der Waals surface area contributed by atoms with Gasteiger partial charge in [0.15, 0.2) is 0 Å². The monoisotopic (exact) mass is 287 g/mol. The molecule has 0 saturated heterocycles. The SMILES string of the molecule is NCc1cn(-c2ccc(C(F)(F)F)cc2[N+](=O)[O-])nn1. The lowest BCUT2D eigenvalue weighted by Gasteiger charge is -2.08. The van der Waals surface area contributed by atoms with Gasteiger partial charge >= 0.3 is 6.18 Å². The van der Waals surface area contributed by atoms with Crippen molar-refractivity contribution in [2.24, 2.45) is 5.73 Å². The summed E-state index contributed by atoms with van der Waals surface area (Å²) in [6.07, 6.45) is -3.34. The van der Waals surface area contributed by atoms with Gasteiger partial charge < -0.3 is 5.73 Å². The number of nitrogens with two attached hydrogens (primary N) is 1. The van der Waals surface area contributed by atoms with Crippen molar-refractivity contribution < 1.29 is 18.1 Å². The first-order valence-electron chi connectivity index (χ1n) is 5.30. The summed E-state index contributed by atoms with van der Waals surface area (Å²) < 4.78 is 38.7. The largest absolute Gasteiger partial charge is 0.416 e. The number of aromatic nitrogens is 3. The predicted octanol–water partition coefficient (Wildman–Crippen LogP) is 1.65. The summed E-state index contributed by atoms with van der Waals surface area (Å²) in [5.74, 6) is 0. The van der Waals surface area contributed by atoms with E-state index in [1.54, 1.807) is 0 Å². The van der Waals surface area contributed by atoms with E-state index >= 15 is 0 Å². The van der Waals surface area contributed by atoms with E-state index < -0.39 is 22.4 Å². The highest BCUT2D eigenvalue weighted by Gasteiger charge is 2.33. The fourth-order valence-electron chi connectivity index (χ4n) is 1.55. The van der Waals surface area contributed by atoms with Gasteiger partial charge in [-0.15, -0.1) is 5.10 Å². The maximum Gasteiger partial charge on any atom is 0.416 e. The predicted molar refractivity (Wildman–Crippen MR) is 60.9 cm³/mol. The van der Waals surface area contributed by atoms with Gasteiger partial charge in [-0.1, -0.05) is 5.21 Å². The van der Waals surface area contributed by atoms with Gasteiger partial charge in [0.1, 0.15) is 5.69 Å². The van der Waals surface area contributed by atoms with E-state index in [1.165, 1.54) is 6.20 Å². The molecule has 0 radical (unpaired) electrons. The zero-order chi connectivity index (χ0) is 14.9. The van der Waals surface area contributed by atoms with E-state index in [-0.39, 0.29) is 12.2 Å². The second-order valence-corrected chi connectivity index (χ2v) is 3.82. The molecule has 1 aromatic carbocycles. The van der Waals surface area contributed by atoms with E-state index in [4.69, 9.17) is 5.73 Å². The molecule has 106 valence electrons. The summed E-state index contributed by atoms with van der Waals surface area (Å²) in [7, 11) is 0. The maximum atomic E-state index is 12.6. The molecule has 2 aromatic rings. The van der Waals surface area contributed by atoms with Crippen molar-refractivity contribution in [1.82, 2.24) is 15.0 Å². The molecule has 0 aliphatic carbocycles. The molecule has 0 aliphatic heterocycles. The molecule has 0 amide bonds. The van der Waals surface area contributed by atoms with E-state index in [9.17, 15) is 23.3 Å². The standard InChI is InChI=1S/C10H8F3N5O2/c11-10(12,13)6-1-2-8(9(3-6)18(19)20)17-5-7(4-14)15-16-17/h1-3,5H,4,14H2. The Balaban J connectivity index is 2.56. The lowest BCUT2D eigenvalue weighted by molar-refractivity contribution is -0.384. The minimum atomic E-state index is -4.66. The zero-order valence-corrected chi connectivity index (χ0v) is 9.83. The normalized spacial score (nSPS) is 11.6. The molecule has 2 rings (SSSR count). The number of hydrogen-bond donors (Lipinski definition) is 1. The van der Waals surface area contributed by atoms with Crippen LogP contribution in [0.25, 0.3) is 5.69 Å². The number of benzene rings is 1. The Labute approximate surface area is 110 Å². The second-order valence-electron chi connectivity index (χ2n) is 3.82. The van der Waals surface area contributed by atoms with Crippen LogP contribution in [-0.2, 0) is 12.7 Å². The van der Waals surface area contributed by atoms with Crippen LogP contribution in [0.3, 0.4) is 0 Å². The number of nitro benzene ring substituents is 1. The third-order valence-corrected chi connectivity index (χ3v) is 2.50. The van der Waals surface area contributed by atoms with E-state index in [2.05, 4.69) is 10.3 Å². The molecule has 7 nitrogen and oxygen atoms in total. The molecule has 1 aromatic heterocycles. The van der Waals surface area contributed by atoms with Crippen molar-refractivity contribution in [1.29, 1.82) is 0 Å². The third kappa shape index (κ3) is 2.59. The van der Waals surface area contributed by atoms with E-state index in [1.807, 2.05) is 0 Å². The van der Waals surface area contributed by atoms with Crippen molar-refractivity contribution in [3.8, 4) is 5.69 Å². The highest BCUT2D eigenvalue weighted by atomic mass is 19.4. The summed E-state index contributed by atoms with van der Waals surface area (Å²) >= 11 is 0. The van der Waals surface area contributed by atoms with Gasteiger partial charge in [-0.25, -0.2) is 4.68 Å². The lowest BCUT2D eigenvalue weighted by atomic mass is 10.1. The van der Waals surface area contributed by atoms with Crippen LogP contribution < -0.4 is 5.73 Å². The Kier molecular flexibility index (Phi) is 3.40. The molecule has 1 heterocycles. The van der Waals surface area contributed by atoms with Gasteiger partial charge in [0.05, 0.1) is 22.4 Å². The molecule has 10 heteroatoms. The summed E-state index contributed by atoms with van der Waals surface area (Å²) in [4.78, 5) is 9.99. The fourth-order valence-corrected chi connectivity index (χ4v) is 1.55. The third-order valence-electron chi connectivity index (χ3n) is 2.50. The van der Waals surface area contributed by atoms with E-state index in [0.717, 1.165) is 16.8 Å². The molecule has 0 aliphatic rings. The average Bonchev–Trinajstić information content (AvgIpc) is 2.85. The number of halogens is 3. The Morgan fingerprint density at radius 3 is 2.60 bits per heavy atom. The fraction of sp³-hybridized carbons (Fsp3) is 0.200. The van der Waals surface area contributed by atoms with Gasteiger partial charge in [0.2, 0.25) is 0 Å². The minimum Gasteiger partial charge on any atom is -0.325 e. The summed E-state index contributed by atoms with van der Waals surface area (Å²) in [6, 6.07) is 2.17. The van der Waals surface area contributed by atoms with Crippen LogP contribution in [0, 0.1) is 10.1 Å². The van der Waals surface area contributed by atoms with Crippen LogP contribution in [0.2, 0.25) is 0 Å². The topological polar surface area (TPSA) is 99.9 Å². The maximum absolute atomic E-state index is 12.6. The highest BCUT2D eigenvalue weighted by Crippen LogP contribution is 2.34. The Morgan fingerprint density at radius 2 is 2.10 bits per heavy atom. The van der Waals surface area contributed by atoms with Gasteiger partial charge in [-0.2, -0.15) is 13.2 Å². The van der Waals surface area contributed by atoms with Crippen molar-refractivity contribution in [3.63, 3.8) is 0 Å². The van der Waals surface area contributed by atoms with Gasteiger partial charge in [-0.05, 0) is 12.1 Å². The van der Waals surface area contributed by atoms with E-state index in [0.29, 0.717) is 11.8 Å². The number of hydrogen-bond acceptors (Lipinski definition) is 5. The molecule has 0 unspecified atom stereocenters. The van der Waals surface area contributed by atoms with Crippen molar-refractivity contribution >= 4 is 5.69 Å². The minimum absolute atomic E-state index is 0.0639. The molecule has 2 N–H and O–H groups in total. The zero-order valence-electron chi connectivity index (χ0n) is 9.83. The van der Waals surface area contributed by atoms with Crippen molar-refractivity contribution in [2.75, 3.05) is 0 Å². The van der Waals surface area contributed by atoms with Crippen LogP contribution >= 0.6 is 0 Å². The molecule has 0 spiro atoms. The summed E-state index contributed by atoms with van der Waals surface area (Å²) in [6.45, 7) is 0.0639.